The number of likely N-dealkylation sites (tertiary alicyclic amines) is 1. The van der Waals surface area contributed by atoms with Crippen molar-refractivity contribution in [3.05, 3.63) is 59.2 Å². The Hall–Kier alpha value is -2.22. The van der Waals surface area contributed by atoms with E-state index < -0.39 is 10.0 Å². The van der Waals surface area contributed by atoms with Crippen LogP contribution in [0.15, 0.2) is 47.4 Å². The number of amides is 1. The standard InChI is InChI=1S/C24H31N3O3S/c1-18-5-4-13-26(16-18)17-19-6-8-20(9-7-19)24(28)27-14-12-21-15-22(10-11-23(21)27)31(29,30)25(2)3/h6-11,15,18H,4-5,12-14,16-17H2,1-3H3. The number of sulfonamides is 1. The molecule has 1 amide bonds. The van der Waals surface area contributed by atoms with E-state index in [0.29, 0.717) is 18.5 Å². The molecule has 0 N–H and O–H groups in total. The Bertz CT molecular complexity index is 1060. The Labute approximate surface area is 185 Å². The van der Waals surface area contributed by atoms with Crippen LogP contribution in [0.5, 0.6) is 0 Å². The molecule has 0 aliphatic carbocycles. The van der Waals surface area contributed by atoms with E-state index in [2.05, 4.69) is 24.0 Å². The van der Waals surface area contributed by atoms with E-state index in [-0.39, 0.29) is 10.8 Å². The van der Waals surface area contributed by atoms with Crippen molar-refractivity contribution in [2.24, 2.45) is 5.92 Å². The van der Waals surface area contributed by atoms with Crippen molar-refractivity contribution in [2.75, 3.05) is 38.6 Å². The summed E-state index contributed by atoms with van der Waals surface area (Å²) in [5, 5.41) is 0. The van der Waals surface area contributed by atoms with Crippen LogP contribution < -0.4 is 4.90 Å². The minimum absolute atomic E-state index is 0.0416. The smallest absolute Gasteiger partial charge is 0.258 e. The normalized spacial score (nSPS) is 19.6. The molecule has 2 aliphatic rings. The maximum atomic E-state index is 13.1. The summed E-state index contributed by atoms with van der Waals surface area (Å²) in [6.07, 6.45) is 3.22. The molecule has 2 heterocycles. The maximum absolute atomic E-state index is 13.1. The van der Waals surface area contributed by atoms with Crippen LogP contribution in [0.1, 0.15) is 41.3 Å². The zero-order valence-electron chi connectivity index (χ0n) is 18.5. The van der Waals surface area contributed by atoms with Gasteiger partial charge in [0.1, 0.15) is 0 Å². The molecule has 0 radical (unpaired) electrons. The predicted octanol–water partition coefficient (Wildman–Crippen LogP) is 3.37. The first-order valence-electron chi connectivity index (χ1n) is 10.9. The molecule has 2 aromatic rings. The summed E-state index contributed by atoms with van der Waals surface area (Å²) in [4.78, 5) is 17.6. The van der Waals surface area contributed by atoms with Crippen LogP contribution >= 0.6 is 0 Å². The van der Waals surface area contributed by atoms with Gasteiger partial charge in [0.15, 0.2) is 0 Å². The molecule has 31 heavy (non-hydrogen) atoms. The fraction of sp³-hybridized carbons (Fsp3) is 0.458. The highest BCUT2D eigenvalue weighted by atomic mass is 32.2. The SMILES string of the molecule is CC1CCCN(Cc2ccc(C(=O)N3CCc4cc(S(=O)(=O)N(C)C)ccc43)cc2)C1. The number of hydrogen-bond donors (Lipinski definition) is 0. The van der Waals surface area contributed by atoms with Gasteiger partial charge in [-0.3, -0.25) is 9.69 Å². The summed E-state index contributed by atoms with van der Waals surface area (Å²) in [5.41, 5.74) is 3.58. The van der Waals surface area contributed by atoms with Crippen LogP contribution in [-0.2, 0) is 23.0 Å². The van der Waals surface area contributed by atoms with Gasteiger partial charge in [0.25, 0.3) is 5.91 Å². The van der Waals surface area contributed by atoms with Crippen LogP contribution in [0.2, 0.25) is 0 Å². The van der Waals surface area contributed by atoms with E-state index in [0.717, 1.165) is 36.8 Å². The molecule has 2 aromatic carbocycles. The molecule has 0 bridgehead atoms. The van der Waals surface area contributed by atoms with Gasteiger partial charge in [-0.2, -0.15) is 0 Å². The second-order valence-electron chi connectivity index (χ2n) is 8.96. The Balaban J connectivity index is 1.47. The van der Waals surface area contributed by atoms with Crippen molar-refractivity contribution >= 4 is 21.6 Å². The van der Waals surface area contributed by atoms with Crippen molar-refractivity contribution in [2.45, 2.75) is 37.6 Å². The van der Waals surface area contributed by atoms with Gasteiger partial charge >= 0.3 is 0 Å². The Morgan fingerprint density at radius 3 is 2.52 bits per heavy atom. The first-order valence-corrected chi connectivity index (χ1v) is 12.4. The first kappa shape index (κ1) is 22.0. The molecule has 6 nitrogen and oxygen atoms in total. The molecular formula is C24H31N3O3S. The van der Waals surface area contributed by atoms with E-state index in [1.807, 2.05) is 12.1 Å². The third kappa shape index (κ3) is 4.54. The molecule has 7 heteroatoms. The number of rotatable bonds is 5. The second kappa shape index (κ2) is 8.73. The topological polar surface area (TPSA) is 60.9 Å². The van der Waals surface area contributed by atoms with E-state index in [9.17, 15) is 13.2 Å². The van der Waals surface area contributed by atoms with Crippen molar-refractivity contribution in [3.8, 4) is 0 Å². The van der Waals surface area contributed by atoms with E-state index in [1.165, 1.54) is 36.8 Å². The van der Waals surface area contributed by atoms with Crippen LogP contribution in [0, 0.1) is 5.92 Å². The maximum Gasteiger partial charge on any atom is 0.258 e. The van der Waals surface area contributed by atoms with Gasteiger partial charge < -0.3 is 4.90 Å². The summed E-state index contributed by atoms with van der Waals surface area (Å²) < 4.78 is 26.0. The zero-order valence-corrected chi connectivity index (χ0v) is 19.4. The minimum Gasteiger partial charge on any atom is -0.308 e. The number of carbonyl (C=O) groups excluding carboxylic acids is 1. The van der Waals surface area contributed by atoms with E-state index >= 15 is 0 Å². The van der Waals surface area contributed by atoms with E-state index in [4.69, 9.17) is 0 Å². The van der Waals surface area contributed by atoms with Gasteiger partial charge in [-0.1, -0.05) is 19.1 Å². The molecule has 0 aromatic heterocycles. The molecule has 2 aliphatic heterocycles. The summed E-state index contributed by atoms with van der Waals surface area (Å²) in [5.74, 6) is 0.707. The monoisotopic (exact) mass is 441 g/mol. The van der Waals surface area contributed by atoms with E-state index in [1.54, 1.807) is 23.1 Å². The minimum atomic E-state index is -3.48. The highest BCUT2D eigenvalue weighted by Crippen LogP contribution is 2.32. The molecule has 1 unspecified atom stereocenters. The van der Waals surface area contributed by atoms with Gasteiger partial charge in [0.2, 0.25) is 10.0 Å². The number of benzene rings is 2. The van der Waals surface area contributed by atoms with Crippen molar-refractivity contribution in [1.29, 1.82) is 0 Å². The lowest BCUT2D eigenvalue weighted by atomic mass is 9.99. The highest BCUT2D eigenvalue weighted by molar-refractivity contribution is 7.89. The molecule has 1 saturated heterocycles. The molecular weight excluding hydrogens is 410 g/mol. The molecule has 166 valence electrons. The fourth-order valence-corrected chi connectivity index (χ4v) is 5.51. The van der Waals surface area contributed by atoms with Gasteiger partial charge in [-0.15, -0.1) is 0 Å². The number of carbonyl (C=O) groups is 1. The van der Waals surface area contributed by atoms with Gasteiger partial charge in [0, 0.05) is 45.0 Å². The van der Waals surface area contributed by atoms with Crippen LogP contribution in [0.25, 0.3) is 0 Å². The van der Waals surface area contributed by atoms with Crippen molar-refractivity contribution in [1.82, 2.24) is 9.21 Å². The summed E-state index contributed by atoms with van der Waals surface area (Å²) in [6, 6.07) is 13.0. The summed E-state index contributed by atoms with van der Waals surface area (Å²) in [6.45, 7) is 6.07. The highest BCUT2D eigenvalue weighted by Gasteiger charge is 2.28. The number of piperidine rings is 1. The fourth-order valence-electron chi connectivity index (χ4n) is 4.56. The number of hydrogen-bond acceptors (Lipinski definition) is 4. The lowest BCUT2D eigenvalue weighted by molar-refractivity contribution is 0.0989. The predicted molar refractivity (Wildman–Crippen MR) is 123 cm³/mol. The lowest BCUT2D eigenvalue weighted by Gasteiger charge is -2.30. The second-order valence-corrected chi connectivity index (χ2v) is 11.1. The Morgan fingerprint density at radius 2 is 1.84 bits per heavy atom. The summed E-state index contributed by atoms with van der Waals surface area (Å²) >= 11 is 0. The zero-order chi connectivity index (χ0) is 22.2. The Kier molecular flexibility index (Phi) is 6.19. The van der Waals surface area contributed by atoms with Crippen molar-refractivity contribution in [3.63, 3.8) is 0 Å². The molecule has 4 rings (SSSR count). The molecule has 0 saturated carbocycles. The molecule has 1 fully saturated rings. The number of anilines is 1. The Morgan fingerprint density at radius 1 is 1.10 bits per heavy atom. The third-order valence-electron chi connectivity index (χ3n) is 6.32. The first-order chi connectivity index (χ1) is 14.8. The summed E-state index contributed by atoms with van der Waals surface area (Å²) in [7, 11) is -0.440. The van der Waals surface area contributed by atoms with Gasteiger partial charge in [-0.25, -0.2) is 12.7 Å². The van der Waals surface area contributed by atoms with Crippen LogP contribution in [0.3, 0.4) is 0 Å². The average Bonchev–Trinajstić information content (AvgIpc) is 3.17. The van der Waals surface area contributed by atoms with Crippen LogP contribution in [-0.4, -0.2) is 57.3 Å². The van der Waals surface area contributed by atoms with Crippen molar-refractivity contribution < 1.29 is 13.2 Å². The largest absolute Gasteiger partial charge is 0.308 e. The molecule has 1 atom stereocenters. The van der Waals surface area contributed by atoms with Gasteiger partial charge in [0.05, 0.1) is 4.90 Å². The quantitative estimate of drug-likeness (QED) is 0.714. The van der Waals surface area contributed by atoms with Gasteiger partial charge in [-0.05, 0) is 73.2 Å². The lowest BCUT2D eigenvalue weighted by Crippen LogP contribution is -2.33. The number of fused-ring (bicyclic) bond motifs is 1. The third-order valence-corrected chi connectivity index (χ3v) is 8.13. The molecule has 0 spiro atoms. The van der Waals surface area contributed by atoms with Crippen LogP contribution in [0.4, 0.5) is 5.69 Å². The average molecular weight is 442 g/mol. The number of nitrogens with zero attached hydrogens (tertiary/aromatic N) is 3.